The van der Waals surface area contributed by atoms with Gasteiger partial charge in [0.05, 0.1) is 12.0 Å². The predicted octanol–water partition coefficient (Wildman–Crippen LogP) is 1.61. The van der Waals surface area contributed by atoms with Gasteiger partial charge in [0, 0.05) is 16.7 Å². The molecule has 0 unspecified atom stereocenters. The largest absolute Gasteiger partial charge is 0.350 e. The summed E-state index contributed by atoms with van der Waals surface area (Å²) >= 11 is 0. The Morgan fingerprint density at radius 2 is 1.89 bits per heavy atom. The highest BCUT2D eigenvalue weighted by molar-refractivity contribution is 6.44. The molecular weight excluding hydrogens is 350 g/mol. The molecule has 0 heterocycles. The number of nitrogens with zero attached hydrogens (tertiary/aromatic N) is 2. The molecule has 0 fully saturated rings. The third kappa shape index (κ3) is 6.70. The minimum atomic E-state index is -1.06. The number of Topliss-reactive ketones (excluding diaryl/α,β-unsaturated/α-hetero) is 1. The maximum absolute atomic E-state index is 12.6. The van der Waals surface area contributed by atoms with Crippen molar-refractivity contribution in [3.8, 4) is 6.07 Å². The van der Waals surface area contributed by atoms with Crippen molar-refractivity contribution in [2.45, 2.75) is 27.2 Å². The molecule has 0 aliphatic rings. The second-order valence-corrected chi connectivity index (χ2v) is 6.55. The third-order valence-corrected chi connectivity index (χ3v) is 3.60. The fraction of sp³-hybridized carbons (Fsp3) is 0.333. The number of hydrogen-bond acceptors (Lipinski definition) is 6. The number of amides is 3. The van der Waals surface area contributed by atoms with Crippen LogP contribution in [0, 0.1) is 22.7 Å². The van der Waals surface area contributed by atoms with Gasteiger partial charge in [0.2, 0.25) is 0 Å². The standard InChI is InChI=1S/C18H21N5O4/c1-11(25)12-4-6-14(7-5-12)21-16(26)15(22-23-17(20)27)13(9-19)8-18(2,3)10-24/h4-7,10,13H,8H2,1-3H3,(H,21,26)(H3,20,23,27)/b22-15-/t13-/m1/s1. The van der Waals surface area contributed by atoms with Gasteiger partial charge in [-0.1, -0.05) is 13.8 Å². The van der Waals surface area contributed by atoms with Crippen LogP contribution >= 0.6 is 0 Å². The number of primary amides is 1. The van der Waals surface area contributed by atoms with Crippen molar-refractivity contribution in [1.82, 2.24) is 5.43 Å². The summed E-state index contributed by atoms with van der Waals surface area (Å²) in [5.74, 6) is -1.93. The van der Waals surface area contributed by atoms with Gasteiger partial charge in [0.15, 0.2) is 5.78 Å². The highest BCUT2D eigenvalue weighted by Gasteiger charge is 2.30. The van der Waals surface area contributed by atoms with Crippen LogP contribution < -0.4 is 16.5 Å². The Hall–Kier alpha value is -3.54. The van der Waals surface area contributed by atoms with Crippen LogP contribution in [0.1, 0.15) is 37.6 Å². The van der Waals surface area contributed by atoms with Gasteiger partial charge in [-0.3, -0.25) is 9.59 Å². The number of urea groups is 1. The smallest absolute Gasteiger partial charge is 0.332 e. The molecule has 0 aromatic heterocycles. The van der Waals surface area contributed by atoms with Crippen LogP contribution in [0.2, 0.25) is 0 Å². The molecule has 142 valence electrons. The number of hydrogen-bond donors (Lipinski definition) is 3. The Morgan fingerprint density at radius 1 is 1.30 bits per heavy atom. The van der Waals surface area contributed by atoms with Crippen LogP contribution in [0.3, 0.4) is 0 Å². The Bertz CT molecular complexity index is 806. The minimum Gasteiger partial charge on any atom is -0.350 e. The lowest BCUT2D eigenvalue weighted by molar-refractivity contribution is -0.115. The van der Waals surface area contributed by atoms with Crippen LogP contribution in [0.4, 0.5) is 10.5 Å². The molecule has 1 rings (SSSR count). The van der Waals surface area contributed by atoms with Gasteiger partial charge in [-0.05, 0) is 37.6 Å². The highest BCUT2D eigenvalue weighted by atomic mass is 16.2. The summed E-state index contributed by atoms with van der Waals surface area (Å²) in [7, 11) is 0. The van der Waals surface area contributed by atoms with Gasteiger partial charge in [0.25, 0.3) is 5.91 Å². The second-order valence-electron chi connectivity index (χ2n) is 6.55. The average Bonchev–Trinajstić information content (AvgIpc) is 2.60. The summed E-state index contributed by atoms with van der Waals surface area (Å²) in [5, 5.41) is 15.6. The van der Waals surface area contributed by atoms with Crippen molar-refractivity contribution in [2.75, 3.05) is 5.32 Å². The van der Waals surface area contributed by atoms with Crippen molar-refractivity contribution in [2.24, 2.45) is 22.2 Å². The van der Waals surface area contributed by atoms with E-state index in [-0.39, 0.29) is 17.9 Å². The van der Waals surface area contributed by atoms with Gasteiger partial charge in [0.1, 0.15) is 12.0 Å². The summed E-state index contributed by atoms with van der Waals surface area (Å²) in [6, 6.07) is 7.02. The fourth-order valence-corrected chi connectivity index (χ4v) is 2.16. The first-order chi connectivity index (χ1) is 12.6. The van der Waals surface area contributed by atoms with E-state index in [1.165, 1.54) is 31.2 Å². The minimum absolute atomic E-state index is 0.0168. The molecule has 0 radical (unpaired) electrons. The first-order valence-corrected chi connectivity index (χ1v) is 8.01. The number of nitrogens with one attached hydrogen (secondary N) is 2. The monoisotopic (exact) mass is 371 g/mol. The van der Waals surface area contributed by atoms with Gasteiger partial charge < -0.3 is 15.8 Å². The summed E-state index contributed by atoms with van der Waals surface area (Å²) in [4.78, 5) is 46.0. The maximum Gasteiger partial charge on any atom is 0.332 e. The van der Waals surface area contributed by atoms with Crippen LogP contribution in [-0.2, 0) is 9.59 Å². The zero-order chi connectivity index (χ0) is 20.6. The van der Waals surface area contributed by atoms with Crippen molar-refractivity contribution >= 4 is 35.4 Å². The molecule has 0 aliphatic carbocycles. The quantitative estimate of drug-likeness (QED) is 0.274. The number of carbonyl (C=O) groups excluding carboxylic acids is 4. The first kappa shape index (κ1) is 21.5. The molecule has 9 heteroatoms. The molecule has 0 spiro atoms. The number of nitriles is 1. The molecule has 27 heavy (non-hydrogen) atoms. The number of nitrogens with two attached hydrogens (primary N) is 1. The molecule has 0 saturated heterocycles. The number of hydrazone groups is 1. The maximum atomic E-state index is 12.6. The van der Waals surface area contributed by atoms with E-state index in [4.69, 9.17) is 5.73 Å². The summed E-state index contributed by atoms with van der Waals surface area (Å²) in [6.45, 7) is 4.64. The zero-order valence-corrected chi connectivity index (χ0v) is 15.3. The van der Waals surface area contributed by atoms with Crippen molar-refractivity contribution in [3.05, 3.63) is 29.8 Å². The van der Waals surface area contributed by atoms with Gasteiger partial charge in [-0.15, -0.1) is 0 Å². The molecule has 4 N–H and O–H groups in total. The normalized spacial score (nSPS) is 12.4. The van der Waals surface area contributed by atoms with Crippen LogP contribution in [0.25, 0.3) is 0 Å². The molecule has 1 aromatic rings. The third-order valence-electron chi connectivity index (χ3n) is 3.60. The SMILES string of the molecule is CC(=O)c1ccc(NC(=O)/C(=N\NC(N)=O)[C@@H](C#N)CC(C)(C)C=O)cc1. The van der Waals surface area contributed by atoms with E-state index < -0.39 is 23.3 Å². The zero-order valence-electron chi connectivity index (χ0n) is 15.3. The summed E-state index contributed by atoms with van der Waals surface area (Å²) in [6.07, 6.45) is 0.692. The average molecular weight is 371 g/mol. The van der Waals surface area contributed by atoms with Crippen molar-refractivity contribution < 1.29 is 19.2 Å². The fourth-order valence-electron chi connectivity index (χ4n) is 2.16. The Balaban J connectivity index is 3.11. The highest BCUT2D eigenvalue weighted by Crippen LogP contribution is 2.24. The molecule has 0 bridgehead atoms. The second kappa shape index (κ2) is 9.24. The van der Waals surface area contributed by atoms with E-state index in [1.54, 1.807) is 13.8 Å². The molecule has 1 atom stereocenters. The van der Waals surface area contributed by atoms with Crippen molar-refractivity contribution in [1.29, 1.82) is 5.26 Å². The lowest BCUT2D eigenvalue weighted by Gasteiger charge is -2.21. The number of carbonyl (C=O) groups is 4. The van der Waals surface area contributed by atoms with Crippen molar-refractivity contribution in [3.63, 3.8) is 0 Å². The van der Waals surface area contributed by atoms with Crippen LogP contribution in [0.15, 0.2) is 29.4 Å². The van der Waals surface area contributed by atoms with E-state index in [0.717, 1.165) is 0 Å². The predicted molar refractivity (Wildman–Crippen MR) is 98.8 cm³/mol. The van der Waals surface area contributed by atoms with E-state index in [0.29, 0.717) is 17.5 Å². The van der Waals surface area contributed by atoms with Gasteiger partial charge >= 0.3 is 6.03 Å². The van der Waals surface area contributed by atoms with E-state index >= 15 is 0 Å². The topological polar surface area (TPSA) is 155 Å². The number of ketones is 1. The van der Waals surface area contributed by atoms with E-state index in [9.17, 15) is 24.4 Å². The van der Waals surface area contributed by atoms with E-state index in [1.807, 2.05) is 11.5 Å². The molecule has 9 nitrogen and oxygen atoms in total. The number of anilines is 1. The van der Waals surface area contributed by atoms with Gasteiger partial charge in [-0.2, -0.15) is 10.4 Å². The summed E-state index contributed by atoms with van der Waals surface area (Å²) in [5.41, 5.74) is 6.58. The molecule has 0 saturated carbocycles. The first-order valence-electron chi connectivity index (χ1n) is 8.01. The number of rotatable bonds is 8. The molecule has 0 aliphatic heterocycles. The lowest BCUT2D eigenvalue weighted by atomic mass is 9.82. The van der Waals surface area contributed by atoms with Crippen LogP contribution in [-0.4, -0.2) is 29.7 Å². The lowest BCUT2D eigenvalue weighted by Crippen LogP contribution is -2.36. The Kier molecular flexibility index (Phi) is 7.36. The summed E-state index contributed by atoms with van der Waals surface area (Å²) < 4.78 is 0. The van der Waals surface area contributed by atoms with Crippen LogP contribution in [0.5, 0.6) is 0 Å². The number of benzene rings is 1. The molecule has 1 aromatic carbocycles. The van der Waals surface area contributed by atoms with Gasteiger partial charge in [-0.25, -0.2) is 10.2 Å². The number of aldehydes is 1. The molecular formula is C18H21N5O4. The Labute approximate surface area is 156 Å². The Morgan fingerprint density at radius 3 is 2.33 bits per heavy atom. The van der Waals surface area contributed by atoms with E-state index in [2.05, 4.69) is 10.4 Å². The molecule has 3 amide bonds.